The monoisotopic (exact) mass is 376 g/mol. The highest BCUT2D eigenvalue weighted by atomic mass is 16.6. The maximum Gasteiger partial charge on any atom is 0.106 e. The molecule has 0 aromatic carbocycles. The molecular weight excluding hydrogens is 336 g/mol. The quantitative estimate of drug-likeness (QED) is 0.337. The Bertz CT molecular complexity index is 582. The molecule has 3 nitrogen and oxygen atoms in total. The Morgan fingerprint density at radius 3 is 2.26 bits per heavy atom. The van der Waals surface area contributed by atoms with Gasteiger partial charge in [-0.1, -0.05) is 32.4 Å². The highest BCUT2D eigenvalue weighted by Gasteiger charge is 2.57. The van der Waals surface area contributed by atoms with Gasteiger partial charge in [0.1, 0.15) is 11.5 Å². The molecule has 0 amide bonds. The van der Waals surface area contributed by atoms with Gasteiger partial charge in [-0.15, -0.1) is 0 Å². The van der Waals surface area contributed by atoms with Crippen molar-refractivity contribution in [3.63, 3.8) is 0 Å². The van der Waals surface area contributed by atoms with Crippen LogP contribution in [0.25, 0.3) is 0 Å². The number of hydrogen-bond acceptors (Lipinski definition) is 3. The second-order valence-electron chi connectivity index (χ2n) is 9.89. The van der Waals surface area contributed by atoms with E-state index < -0.39 is 0 Å². The molecule has 0 bridgehead atoms. The van der Waals surface area contributed by atoms with E-state index in [4.69, 9.17) is 14.2 Å². The van der Waals surface area contributed by atoms with Crippen molar-refractivity contribution < 1.29 is 14.2 Å². The summed E-state index contributed by atoms with van der Waals surface area (Å²) in [6, 6.07) is 0. The minimum atomic E-state index is -0.258. The molecule has 0 aromatic heterocycles. The van der Waals surface area contributed by atoms with Crippen LogP contribution in [0.15, 0.2) is 35.3 Å². The van der Waals surface area contributed by atoms with Crippen molar-refractivity contribution in [3.05, 3.63) is 35.3 Å². The molecule has 2 atom stereocenters. The third-order valence-corrected chi connectivity index (χ3v) is 6.02. The van der Waals surface area contributed by atoms with E-state index >= 15 is 0 Å². The first-order valence-corrected chi connectivity index (χ1v) is 10.4. The number of hydrogen-bond donors (Lipinski definition) is 0. The standard InChI is InChI=1S/C24H40O3/c1-18(2)13-16-24(19(25-7)11-9-12-20(24)26-8)17-21-23(6,27-21)15-10-14-22(3,4)5/h11-13,21H,9-10,14-17H2,1-8H3/t21?,23-/m0/s1. The fourth-order valence-corrected chi connectivity index (χ4v) is 4.26. The molecule has 0 saturated carbocycles. The molecule has 2 rings (SSSR count). The maximum absolute atomic E-state index is 6.25. The average Bonchev–Trinajstić information content (AvgIpc) is 3.20. The van der Waals surface area contributed by atoms with Crippen LogP contribution in [-0.2, 0) is 14.2 Å². The minimum absolute atomic E-state index is 0.0155. The Morgan fingerprint density at radius 2 is 1.78 bits per heavy atom. The van der Waals surface area contributed by atoms with Crippen LogP contribution in [0.3, 0.4) is 0 Å². The van der Waals surface area contributed by atoms with E-state index in [1.54, 1.807) is 14.2 Å². The van der Waals surface area contributed by atoms with Gasteiger partial charge in [-0.25, -0.2) is 0 Å². The fraction of sp³-hybridized carbons (Fsp3) is 0.750. The van der Waals surface area contributed by atoms with Crippen LogP contribution < -0.4 is 0 Å². The molecule has 154 valence electrons. The Balaban J connectivity index is 2.16. The summed E-state index contributed by atoms with van der Waals surface area (Å²) in [4.78, 5) is 0. The van der Waals surface area contributed by atoms with Crippen molar-refractivity contribution in [2.24, 2.45) is 10.8 Å². The maximum atomic E-state index is 6.25. The summed E-state index contributed by atoms with van der Waals surface area (Å²) in [5, 5.41) is 0. The molecule has 3 heteroatoms. The number of ether oxygens (including phenoxy) is 3. The van der Waals surface area contributed by atoms with Gasteiger partial charge in [-0.05, 0) is 76.9 Å². The number of rotatable bonds is 9. The summed E-state index contributed by atoms with van der Waals surface area (Å²) >= 11 is 0. The Morgan fingerprint density at radius 1 is 1.19 bits per heavy atom. The lowest BCUT2D eigenvalue weighted by Crippen LogP contribution is -2.32. The van der Waals surface area contributed by atoms with Gasteiger partial charge in [0.15, 0.2) is 0 Å². The van der Waals surface area contributed by atoms with E-state index in [1.165, 1.54) is 18.4 Å². The van der Waals surface area contributed by atoms with Crippen molar-refractivity contribution in [3.8, 4) is 0 Å². The summed E-state index contributed by atoms with van der Waals surface area (Å²) in [5.74, 6) is 2.04. The number of methoxy groups -OCH3 is 2. The SMILES string of the molecule is COC1=CCC=C(OC)C1(CC=C(C)C)CC1O[C@@]1(C)CCCC(C)(C)C. The Kier molecular flexibility index (Phi) is 6.89. The molecule has 1 unspecified atom stereocenters. The van der Waals surface area contributed by atoms with E-state index in [1.807, 2.05) is 0 Å². The largest absolute Gasteiger partial charge is 0.500 e. The molecule has 0 aromatic rings. The van der Waals surface area contributed by atoms with Crippen LogP contribution in [0, 0.1) is 10.8 Å². The lowest BCUT2D eigenvalue weighted by Gasteiger charge is -2.37. The van der Waals surface area contributed by atoms with E-state index in [9.17, 15) is 0 Å². The van der Waals surface area contributed by atoms with Crippen molar-refractivity contribution >= 4 is 0 Å². The van der Waals surface area contributed by atoms with Crippen molar-refractivity contribution in [1.82, 2.24) is 0 Å². The smallest absolute Gasteiger partial charge is 0.106 e. The molecule has 27 heavy (non-hydrogen) atoms. The fourth-order valence-electron chi connectivity index (χ4n) is 4.26. The van der Waals surface area contributed by atoms with E-state index in [2.05, 4.69) is 59.8 Å². The van der Waals surface area contributed by atoms with E-state index in [0.717, 1.165) is 37.2 Å². The molecular formula is C24H40O3. The van der Waals surface area contributed by atoms with Crippen LogP contribution in [0.1, 0.15) is 80.1 Å². The highest BCUT2D eigenvalue weighted by molar-refractivity contribution is 5.31. The zero-order chi connectivity index (χ0) is 20.3. The topological polar surface area (TPSA) is 31.0 Å². The van der Waals surface area contributed by atoms with Gasteiger partial charge < -0.3 is 14.2 Å². The van der Waals surface area contributed by atoms with Gasteiger partial charge in [-0.2, -0.15) is 0 Å². The molecule has 1 aliphatic heterocycles. The normalized spacial score (nSPS) is 26.7. The summed E-state index contributed by atoms with van der Waals surface area (Å²) in [6.07, 6.45) is 13.1. The third kappa shape index (κ3) is 5.40. The lowest BCUT2D eigenvalue weighted by molar-refractivity contribution is 0.106. The summed E-state index contributed by atoms with van der Waals surface area (Å²) in [6.45, 7) is 13.5. The van der Waals surface area contributed by atoms with Crippen LogP contribution in [0.5, 0.6) is 0 Å². The lowest BCUT2D eigenvalue weighted by atomic mass is 9.71. The Hall–Kier alpha value is -1.22. The number of epoxide rings is 1. The molecule has 1 heterocycles. The van der Waals surface area contributed by atoms with Gasteiger partial charge in [-0.3, -0.25) is 0 Å². The van der Waals surface area contributed by atoms with Gasteiger partial charge in [0, 0.05) is 0 Å². The molecule has 2 aliphatic rings. The molecule has 1 fully saturated rings. The summed E-state index contributed by atoms with van der Waals surface area (Å²) in [5.41, 5.74) is 1.42. The van der Waals surface area contributed by atoms with Gasteiger partial charge >= 0.3 is 0 Å². The Labute approximate surface area is 166 Å². The first kappa shape index (κ1) is 22.1. The zero-order valence-corrected chi connectivity index (χ0v) is 18.8. The molecule has 0 N–H and O–H groups in total. The van der Waals surface area contributed by atoms with Crippen molar-refractivity contribution in [2.75, 3.05) is 14.2 Å². The second kappa shape index (κ2) is 8.43. The van der Waals surface area contributed by atoms with Crippen molar-refractivity contribution in [2.45, 2.75) is 91.8 Å². The van der Waals surface area contributed by atoms with Crippen LogP contribution >= 0.6 is 0 Å². The van der Waals surface area contributed by atoms with Crippen LogP contribution in [-0.4, -0.2) is 25.9 Å². The van der Waals surface area contributed by atoms with E-state index in [-0.39, 0.29) is 17.1 Å². The van der Waals surface area contributed by atoms with Gasteiger partial charge in [0.2, 0.25) is 0 Å². The molecule has 1 saturated heterocycles. The van der Waals surface area contributed by atoms with Crippen molar-refractivity contribution in [1.29, 1.82) is 0 Å². The molecule has 0 radical (unpaired) electrons. The van der Waals surface area contributed by atoms with Crippen LogP contribution in [0.4, 0.5) is 0 Å². The summed E-state index contributed by atoms with van der Waals surface area (Å²) in [7, 11) is 3.55. The molecule has 1 aliphatic carbocycles. The predicted octanol–water partition coefficient (Wildman–Crippen LogP) is 6.56. The zero-order valence-electron chi connectivity index (χ0n) is 18.8. The van der Waals surface area contributed by atoms with Gasteiger partial charge in [0.25, 0.3) is 0 Å². The third-order valence-electron chi connectivity index (χ3n) is 6.02. The first-order chi connectivity index (χ1) is 12.6. The number of allylic oxidation sites excluding steroid dienone is 4. The highest BCUT2D eigenvalue weighted by Crippen LogP contribution is 2.54. The predicted molar refractivity (Wildman–Crippen MR) is 112 cm³/mol. The van der Waals surface area contributed by atoms with Crippen LogP contribution in [0.2, 0.25) is 0 Å². The minimum Gasteiger partial charge on any atom is -0.500 e. The average molecular weight is 377 g/mol. The molecule has 0 spiro atoms. The van der Waals surface area contributed by atoms with E-state index in [0.29, 0.717) is 5.41 Å². The first-order valence-electron chi connectivity index (χ1n) is 10.4. The summed E-state index contributed by atoms with van der Waals surface area (Å²) < 4.78 is 18.0. The second-order valence-corrected chi connectivity index (χ2v) is 9.89. The van der Waals surface area contributed by atoms with Gasteiger partial charge in [0.05, 0.1) is 31.3 Å².